The monoisotopic (exact) mass is 222 g/mol. The Kier molecular flexibility index (Phi) is 8.10. The molecule has 0 radical (unpaired) electrons. The second kappa shape index (κ2) is 8.87. The number of allylic oxidation sites excluding steroid dienone is 3. The maximum absolute atomic E-state index is 5.34. The Labute approximate surface area is 99.2 Å². The number of rotatable bonds is 3. The van der Waals surface area contributed by atoms with Crippen molar-refractivity contribution >= 4 is 0 Å². The first-order valence-electron chi connectivity index (χ1n) is 5.46. The molecule has 1 rings (SSSR count). The van der Waals surface area contributed by atoms with Crippen molar-refractivity contribution in [3.8, 4) is 12.8 Å². The van der Waals surface area contributed by atoms with Gasteiger partial charge in [-0.1, -0.05) is 6.08 Å². The van der Waals surface area contributed by atoms with Crippen molar-refractivity contribution in [2.75, 3.05) is 33.3 Å². The van der Waals surface area contributed by atoms with Crippen molar-refractivity contribution in [1.82, 2.24) is 10.2 Å². The molecule has 1 aliphatic heterocycles. The van der Waals surface area contributed by atoms with E-state index in [-0.39, 0.29) is 0 Å². The van der Waals surface area contributed by atoms with Crippen LogP contribution in [-0.4, -0.2) is 38.2 Å². The lowest BCUT2D eigenvalue weighted by Crippen LogP contribution is -2.42. The van der Waals surface area contributed by atoms with Crippen molar-refractivity contribution in [3.63, 3.8) is 0 Å². The molecule has 0 saturated carbocycles. The Hall–Kier alpha value is -1.40. The highest BCUT2D eigenvalue weighted by Crippen LogP contribution is 2.12. The van der Waals surface area contributed by atoms with Gasteiger partial charge < -0.3 is 15.0 Å². The fourth-order valence-corrected chi connectivity index (χ4v) is 1.64. The molecule has 0 amide bonds. The minimum Gasteiger partial charge on any atom is -0.495 e. The molecule has 0 spiro atoms. The smallest absolute Gasteiger partial charge is 0.137 e. The second-order valence-electron chi connectivity index (χ2n) is 3.39. The van der Waals surface area contributed by atoms with Gasteiger partial charge in [0.05, 0.1) is 12.8 Å². The molecule has 0 aliphatic carbocycles. The maximum Gasteiger partial charge on any atom is 0.137 e. The quantitative estimate of drug-likeness (QED) is 0.446. The van der Waals surface area contributed by atoms with E-state index in [1.54, 1.807) is 7.11 Å². The molecule has 0 aromatic carbocycles. The first kappa shape index (κ1) is 14.6. The predicted octanol–water partition coefficient (Wildman–Crippen LogP) is 1.59. The molecule has 0 aromatic rings. The standard InChI is InChI=1S/C11H20N2O.C2H2/c1-4-5-11(14-3)10(2)13-8-6-12-7-9-13;1-2/h4-5,12H,6-9H2,1-3H3;1-2H/b5-4-,11-10-;. The van der Waals surface area contributed by atoms with E-state index in [1.807, 2.05) is 19.1 Å². The van der Waals surface area contributed by atoms with Crippen molar-refractivity contribution in [1.29, 1.82) is 0 Å². The highest BCUT2D eigenvalue weighted by atomic mass is 16.5. The largest absolute Gasteiger partial charge is 0.495 e. The van der Waals surface area contributed by atoms with Gasteiger partial charge in [-0.05, 0) is 19.9 Å². The Balaban J connectivity index is 0.00000106. The predicted molar refractivity (Wildman–Crippen MR) is 68.9 cm³/mol. The maximum atomic E-state index is 5.34. The van der Waals surface area contributed by atoms with E-state index in [1.165, 1.54) is 5.70 Å². The molecule has 0 unspecified atom stereocenters. The fraction of sp³-hybridized carbons (Fsp3) is 0.538. The summed E-state index contributed by atoms with van der Waals surface area (Å²) >= 11 is 0. The summed E-state index contributed by atoms with van der Waals surface area (Å²) in [6.07, 6.45) is 12.0. The molecule has 1 saturated heterocycles. The van der Waals surface area contributed by atoms with Crippen molar-refractivity contribution in [3.05, 3.63) is 23.6 Å². The van der Waals surface area contributed by atoms with Crippen LogP contribution < -0.4 is 5.32 Å². The molecule has 0 aromatic heterocycles. The van der Waals surface area contributed by atoms with Crippen LogP contribution in [0.4, 0.5) is 0 Å². The summed E-state index contributed by atoms with van der Waals surface area (Å²) in [6, 6.07) is 0. The second-order valence-corrected chi connectivity index (χ2v) is 3.39. The van der Waals surface area contributed by atoms with E-state index >= 15 is 0 Å². The summed E-state index contributed by atoms with van der Waals surface area (Å²) < 4.78 is 5.34. The van der Waals surface area contributed by atoms with Gasteiger partial charge in [0.25, 0.3) is 0 Å². The summed E-state index contributed by atoms with van der Waals surface area (Å²) in [5.74, 6) is 0.967. The zero-order valence-corrected chi connectivity index (χ0v) is 10.5. The van der Waals surface area contributed by atoms with E-state index in [0.29, 0.717) is 0 Å². The third kappa shape index (κ3) is 4.41. The van der Waals surface area contributed by atoms with Crippen LogP contribution in [-0.2, 0) is 4.74 Å². The van der Waals surface area contributed by atoms with Gasteiger partial charge in [-0.2, -0.15) is 0 Å². The Morgan fingerprint density at radius 1 is 1.31 bits per heavy atom. The number of ether oxygens (including phenoxy) is 1. The van der Waals surface area contributed by atoms with Crippen LogP contribution in [0.3, 0.4) is 0 Å². The first-order chi connectivity index (χ1) is 7.79. The molecule has 0 bridgehead atoms. The van der Waals surface area contributed by atoms with Crippen LogP contribution in [0.25, 0.3) is 0 Å². The molecule has 0 atom stereocenters. The molecule has 1 aliphatic rings. The van der Waals surface area contributed by atoms with Gasteiger partial charge in [-0.15, -0.1) is 12.8 Å². The Morgan fingerprint density at radius 3 is 2.31 bits per heavy atom. The molecule has 3 nitrogen and oxygen atoms in total. The summed E-state index contributed by atoms with van der Waals surface area (Å²) in [7, 11) is 1.72. The SMILES string of the molecule is C#C.C/C=C\C(OC)=C(/C)N1CCNCC1. The summed E-state index contributed by atoms with van der Waals surface area (Å²) in [5, 5.41) is 3.34. The highest BCUT2D eigenvalue weighted by molar-refractivity contribution is 5.18. The van der Waals surface area contributed by atoms with E-state index in [4.69, 9.17) is 4.74 Å². The lowest BCUT2D eigenvalue weighted by atomic mass is 10.2. The van der Waals surface area contributed by atoms with E-state index in [0.717, 1.165) is 31.9 Å². The van der Waals surface area contributed by atoms with Crippen LogP contribution in [0.1, 0.15) is 13.8 Å². The minimum absolute atomic E-state index is 0.967. The summed E-state index contributed by atoms with van der Waals surface area (Å²) in [6.45, 7) is 8.37. The number of terminal acetylenes is 1. The molecule has 16 heavy (non-hydrogen) atoms. The lowest BCUT2D eigenvalue weighted by Gasteiger charge is -2.30. The number of nitrogens with zero attached hydrogens (tertiary/aromatic N) is 1. The summed E-state index contributed by atoms with van der Waals surface area (Å²) in [4.78, 5) is 2.36. The first-order valence-corrected chi connectivity index (χ1v) is 5.46. The van der Waals surface area contributed by atoms with Gasteiger partial charge in [0.2, 0.25) is 0 Å². The number of methoxy groups -OCH3 is 1. The topological polar surface area (TPSA) is 24.5 Å². The molecule has 1 N–H and O–H groups in total. The number of hydrogen-bond acceptors (Lipinski definition) is 3. The Morgan fingerprint density at radius 2 is 1.88 bits per heavy atom. The van der Waals surface area contributed by atoms with Crippen LogP contribution in [0.15, 0.2) is 23.6 Å². The van der Waals surface area contributed by atoms with Crippen LogP contribution in [0.2, 0.25) is 0 Å². The van der Waals surface area contributed by atoms with Crippen molar-refractivity contribution in [2.24, 2.45) is 0 Å². The van der Waals surface area contributed by atoms with E-state index in [2.05, 4.69) is 30.0 Å². The molecule has 90 valence electrons. The zero-order chi connectivity index (χ0) is 12.4. The van der Waals surface area contributed by atoms with Crippen molar-refractivity contribution < 1.29 is 4.74 Å². The van der Waals surface area contributed by atoms with Crippen LogP contribution >= 0.6 is 0 Å². The normalized spacial score (nSPS) is 17.4. The third-order valence-electron chi connectivity index (χ3n) is 2.49. The molecule has 1 fully saturated rings. The van der Waals surface area contributed by atoms with Crippen molar-refractivity contribution in [2.45, 2.75) is 13.8 Å². The lowest BCUT2D eigenvalue weighted by molar-refractivity contribution is 0.251. The van der Waals surface area contributed by atoms with Gasteiger partial charge in [0.15, 0.2) is 0 Å². The van der Waals surface area contributed by atoms with Gasteiger partial charge >= 0.3 is 0 Å². The number of hydrogen-bond donors (Lipinski definition) is 1. The van der Waals surface area contributed by atoms with Crippen LogP contribution in [0.5, 0.6) is 0 Å². The summed E-state index contributed by atoms with van der Waals surface area (Å²) in [5.41, 5.74) is 1.23. The molecule has 3 heteroatoms. The van der Waals surface area contributed by atoms with Gasteiger partial charge in [0.1, 0.15) is 5.76 Å². The highest BCUT2D eigenvalue weighted by Gasteiger charge is 2.12. The molecular weight excluding hydrogens is 200 g/mol. The average Bonchev–Trinajstić information content (AvgIpc) is 2.38. The van der Waals surface area contributed by atoms with Gasteiger partial charge in [-0.3, -0.25) is 0 Å². The average molecular weight is 222 g/mol. The zero-order valence-electron chi connectivity index (χ0n) is 10.5. The fourth-order valence-electron chi connectivity index (χ4n) is 1.64. The van der Waals surface area contributed by atoms with E-state index < -0.39 is 0 Å². The molecular formula is C13H22N2O. The number of nitrogens with one attached hydrogen (secondary N) is 1. The molecule has 1 heterocycles. The Bertz CT molecular complexity index is 260. The third-order valence-corrected chi connectivity index (χ3v) is 2.49. The number of piperazine rings is 1. The van der Waals surface area contributed by atoms with Gasteiger partial charge in [0, 0.05) is 26.2 Å². The minimum atomic E-state index is 0.967. The van der Waals surface area contributed by atoms with E-state index in [9.17, 15) is 0 Å². The van der Waals surface area contributed by atoms with Gasteiger partial charge in [-0.25, -0.2) is 0 Å². The van der Waals surface area contributed by atoms with Crippen LogP contribution in [0, 0.1) is 12.8 Å².